The molecule has 2 aliphatic heterocycles. The number of amides is 1. The fourth-order valence-corrected chi connectivity index (χ4v) is 3.74. The minimum Gasteiger partial charge on any atom is -0.486 e. The summed E-state index contributed by atoms with van der Waals surface area (Å²) in [6.45, 7) is 2.38. The molecule has 1 fully saturated rings. The summed E-state index contributed by atoms with van der Waals surface area (Å²) in [4.78, 5) is 11.9. The van der Waals surface area contributed by atoms with Gasteiger partial charge in [-0.05, 0) is 42.5 Å². The number of ether oxygens (including phenoxy) is 2. The third-order valence-corrected chi connectivity index (χ3v) is 4.80. The van der Waals surface area contributed by atoms with E-state index in [1.54, 1.807) is 6.07 Å². The zero-order valence-electron chi connectivity index (χ0n) is 11.9. The molecular weight excluding hydrogens is 288 g/mol. The van der Waals surface area contributed by atoms with E-state index in [-0.39, 0.29) is 5.91 Å². The Morgan fingerprint density at radius 2 is 2.14 bits per heavy atom. The summed E-state index contributed by atoms with van der Waals surface area (Å²) in [6, 6.07) is 5.46. The minimum atomic E-state index is -0.0303. The number of hydrogen-bond acceptors (Lipinski definition) is 5. The lowest BCUT2D eigenvalue weighted by Crippen LogP contribution is -2.31. The molecule has 1 aromatic carbocycles. The molecule has 2 heterocycles. The number of thioether (sulfide) groups is 1. The quantitative estimate of drug-likeness (QED) is 0.868. The van der Waals surface area contributed by atoms with E-state index in [4.69, 9.17) is 9.47 Å². The number of anilines is 1. The zero-order chi connectivity index (χ0) is 14.5. The molecule has 0 aromatic heterocycles. The Balaban J connectivity index is 1.45. The van der Waals surface area contributed by atoms with Gasteiger partial charge in [0.2, 0.25) is 5.91 Å². The highest BCUT2D eigenvalue weighted by Gasteiger charge is 2.16. The molecule has 21 heavy (non-hydrogen) atoms. The molecular formula is C15H20N2O3S. The number of carbonyl (C=O) groups is 1. The van der Waals surface area contributed by atoms with Crippen molar-refractivity contribution < 1.29 is 14.3 Å². The van der Waals surface area contributed by atoms with E-state index < -0.39 is 0 Å². The van der Waals surface area contributed by atoms with E-state index in [1.807, 2.05) is 23.9 Å². The number of carbonyl (C=O) groups excluding carboxylic acids is 1. The van der Waals surface area contributed by atoms with Crippen LogP contribution in [-0.4, -0.2) is 43.7 Å². The van der Waals surface area contributed by atoms with Crippen LogP contribution in [0.1, 0.15) is 6.42 Å². The summed E-state index contributed by atoms with van der Waals surface area (Å²) in [5.74, 6) is 4.55. The standard InChI is InChI=1S/C15H20N2O3S/c18-15(9-16-8-11-3-6-21-10-11)17-12-1-2-13-14(7-12)20-5-4-19-13/h1-2,7,11,16H,3-6,8-10H2,(H,17,18). The smallest absolute Gasteiger partial charge is 0.238 e. The first-order valence-electron chi connectivity index (χ1n) is 7.29. The first-order valence-corrected chi connectivity index (χ1v) is 8.45. The van der Waals surface area contributed by atoms with Gasteiger partial charge in [-0.3, -0.25) is 4.79 Å². The van der Waals surface area contributed by atoms with Crippen molar-refractivity contribution >= 4 is 23.4 Å². The van der Waals surface area contributed by atoms with Crippen molar-refractivity contribution in [2.24, 2.45) is 5.92 Å². The number of rotatable bonds is 5. The van der Waals surface area contributed by atoms with Gasteiger partial charge in [-0.15, -0.1) is 0 Å². The van der Waals surface area contributed by atoms with Crippen LogP contribution in [0.15, 0.2) is 18.2 Å². The molecule has 0 bridgehead atoms. The molecule has 0 aliphatic carbocycles. The van der Waals surface area contributed by atoms with Gasteiger partial charge in [0, 0.05) is 11.8 Å². The molecule has 0 saturated carbocycles. The Morgan fingerprint density at radius 1 is 1.29 bits per heavy atom. The van der Waals surface area contributed by atoms with E-state index in [1.165, 1.54) is 17.9 Å². The molecule has 1 aromatic rings. The second-order valence-electron chi connectivity index (χ2n) is 5.27. The van der Waals surface area contributed by atoms with E-state index in [2.05, 4.69) is 10.6 Å². The van der Waals surface area contributed by atoms with Crippen molar-refractivity contribution in [2.75, 3.05) is 43.1 Å². The topological polar surface area (TPSA) is 59.6 Å². The van der Waals surface area contributed by atoms with Gasteiger partial charge in [0.05, 0.1) is 6.54 Å². The second kappa shape index (κ2) is 7.04. The lowest BCUT2D eigenvalue weighted by molar-refractivity contribution is -0.115. The third kappa shape index (κ3) is 4.04. The summed E-state index contributed by atoms with van der Waals surface area (Å²) >= 11 is 1.99. The molecule has 114 valence electrons. The SMILES string of the molecule is O=C(CNCC1CCSC1)Nc1ccc2c(c1)OCCO2. The monoisotopic (exact) mass is 308 g/mol. The normalized spacial score (nSPS) is 20.3. The molecule has 1 amide bonds. The molecule has 5 nitrogen and oxygen atoms in total. The van der Waals surface area contributed by atoms with Crippen molar-refractivity contribution in [1.29, 1.82) is 0 Å². The first kappa shape index (κ1) is 14.5. The lowest BCUT2D eigenvalue weighted by Gasteiger charge is -2.19. The summed E-state index contributed by atoms with van der Waals surface area (Å²) in [5.41, 5.74) is 0.738. The van der Waals surface area contributed by atoms with Crippen molar-refractivity contribution in [3.63, 3.8) is 0 Å². The maximum absolute atomic E-state index is 11.9. The highest BCUT2D eigenvalue weighted by atomic mass is 32.2. The Bertz CT molecular complexity index is 504. The van der Waals surface area contributed by atoms with Crippen LogP contribution < -0.4 is 20.1 Å². The van der Waals surface area contributed by atoms with Gasteiger partial charge in [-0.25, -0.2) is 0 Å². The van der Waals surface area contributed by atoms with Crippen LogP contribution in [0.2, 0.25) is 0 Å². The van der Waals surface area contributed by atoms with Crippen LogP contribution in [0.4, 0.5) is 5.69 Å². The molecule has 2 N–H and O–H groups in total. The van der Waals surface area contributed by atoms with Crippen molar-refractivity contribution in [3.05, 3.63) is 18.2 Å². The van der Waals surface area contributed by atoms with Gasteiger partial charge < -0.3 is 20.1 Å². The van der Waals surface area contributed by atoms with Crippen LogP contribution in [0.25, 0.3) is 0 Å². The fourth-order valence-electron chi connectivity index (χ4n) is 2.46. The predicted octanol–water partition coefficient (Wildman–Crippen LogP) is 1.74. The van der Waals surface area contributed by atoms with Gasteiger partial charge in [-0.1, -0.05) is 0 Å². The summed E-state index contributed by atoms with van der Waals surface area (Å²) in [6.07, 6.45) is 1.25. The third-order valence-electron chi connectivity index (χ3n) is 3.57. The summed E-state index contributed by atoms with van der Waals surface area (Å²) < 4.78 is 11.0. The highest BCUT2D eigenvalue weighted by Crippen LogP contribution is 2.32. The Morgan fingerprint density at radius 3 is 2.95 bits per heavy atom. The summed E-state index contributed by atoms with van der Waals surface area (Å²) in [5, 5.41) is 6.10. The Hall–Kier alpha value is -1.40. The van der Waals surface area contributed by atoms with E-state index in [0.717, 1.165) is 18.0 Å². The van der Waals surface area contributed by atoms with E-state index in [0.29, 0.717) is 31.4 Å². The van der Waals surface area contributed by atoms with Crippen LogP contribution in [0, 0.1) is 5.92 Å². The van der Waals surface area contributed by atoms with Crippen LogP contribution >= 0.6 is 11.8 Å². The predicted molar refractivity (Wildman–Crippen MR) is 84.4 cm³/mol. The molecule has 2 aliphatic rings. The molecule has 1 atom stereocenters. The second-order valence-corrected chi connectivity index (χ2v) is 6.42. The highest BCUT2D eigenvalue weighted by molar-refractivity contribution is 7.99. The molecule has 1 unspecified atom stereocenters. The van der Waals surface area contributed by atoms with Crippen molar-refractivity contribution in [2.45, 2.75) is 6.42 Å². The van der Waals surface area contributed by atoms with Crippen LogP contribution in [-0.2, 0) is 4.79 Å². The maximum Gasteiger partial charge on any atom is 0.238 e. The van der Waals surface area contributed by atoms with Gasteiger partial charge in [0.15, 0.2) is 11.5 Å². The van der Waals surface area contributed by atoms with Crippen LogP contribution in [0.3, 0.4) is 0 Å². The molecule has 0 radical (unpaired) electrons. The molecule has 1 saturated heterocycles. The number of fused-ring (bicyclic) bond motifs is 1. The fraction of sp³-hybridized carbons (Fsp3) is 0.533. The minimum absolute atomic E-state index is 0.0303. The Kier molecular flexibility index (Phi) is 4.87. The van der Waals surface area contributed by atoms with Crippen LogP contribution in [0.5, 0.6) is 11.5 Å². The lowest BCUT2D eigenvalue weighted by atomic mass is 10.1. The molecule has 6 heteroatoms. The van der Waals surface area contributed by atoms with Gasteiger partial charge in [-0.2, -0.15) is 11.8 Å². The largest absolute Gasteiger partial charge is 0.486 e. The average molecular weight is 308 g/mol. The van der Waals surface area contributed by atoms with Gasteiger partial charge >= 0.3 is 0 Å². The number of nitrogens with one attached hydrogen (secondary N) is 2. The molecule has 0 spiro atoms. The van der Waals surface area contributed by atoms with E-state index >= 15 is 0 Å². The molecule has 3 rings (SSSR count). The van der Waals surface area contributed by atoms with Gasteiger partial charge in [0.25, 0.3) is 0 Å². The maximum atomic E-state index is 11.9. The number of benzene rings is 1. The number of hydrogen-bond donors (Lipinski definition) is 2. The van der Waals surface area contributed by atoms with Crippen molar-refractivity contribution in [3.8, 4) is 11.5 Å². The Labute approximate surface area is 128 Å². The van der Waals surface area contributed by atoms with Crippen molar-refractivity contribution in [1.82, 2.24) is 5.32 Å². The average Bonchev–Trinajstić information content (AvgIpc) is 3.00. The first-order chi connectivity index (χ1) is 10.3. The summed E-state index contributed by atoms with van der Waals surface area (Å²) in [7, 11) is 0. The van der Waals surface area contributed by atoms with Gasteiger partial charge in [0.1, 0.15) is 13.2 Å². The zero-order valence-corrected chi connectivity index (χ0v) is 12.7. The van der Waals surface area contributed by atoms with E-state index in [9.17, 15) is 4.79 Å².